The zero-order chi connectivity index (χ0) is 27.3. The first kappa shape index (κ1) is 28.9. The van der Waals surface area contributed by atoms with E-state index in [1.807, 2.05) is 55.4 Å². The van der Waals surface area contributed by atoms with Crippen LogP contribution in [-0.2, 0) is 4.79 Å². The minimum Gasteiger partial charge on any atom is -0.395 e. The molecule has 1 saturated heterocycles. The average Bonchev–Trinajstić information content (AvgIpc) is 2.85. The summed E-state index contributed by atoms with van der Waals surface area (Å²) in [6, 6.07) is 9.72. The van der Waals surface area contributed by atoms with Gasteiger partial charge < -0.3 is 19.8 Å². The number of aliphatic hydroxyl groups excluding tert-OH is 1. The summed E-state index contributed by atoms with van der Waals surface area (Å²) in [6.07, 6.45) is 1.17. The summed E-state index contributed by atoms with van der Waals surface area (Å²) in [5, 5.41) is 9.91. The standard InChI is InChI=1S/C29H39ClFN3O3/c1-6-22-19-33(27(36)18-29(3,4)5)12-13-34(22)28(37)24-16-20(23-10-9-21(30)17-25(23)31)8-11-26(24)32(7-2)14-15-35/h8-11,16-17,22,35H,6-7,12-15,18-19H2,1-5H3. The van der Waals surface area contributed by atoms with Crippen molar-refractivity contribution in [3.8, 4) is 11.1 Å². The van der Waals surface area contributed by atoms with Gasteiger partial charge in [0.05, 0.1) is 12.2 Å². The Morgan fingerprint density at radius 3 is 2.46 bits per heavy atom. The fourth-order valence-corrected chi connectivity index (χ4v) is 5.02. The Morgan fingerprint density at radius 1 is 1.14 bits per heavy atom. The van der Waals surface area contributed by atoms with Crippen LogP contribution in [0.3, 0.4) is 0 Å². The highest BCUT2D eigenvalue weighted by atomic mass is 35.5. The van der Waals surface area contributed by atoms with E-state index in [0.29, 0.717) is 73.0 Å². The Morgan fingerprint density at radius 2 is 1.86 bits per heavy atom. The van der Waals surface area contributed by atoms with Gasteiger partial charge in [-0.15, -0.1) is 0 Å². The van der Waals surface area contributed by atoms with Crippen LogP contribution < -0.4 is 4.90 Å². The molecule has 1 aliphatic heterocycles. The summed E-state index contributed by atoms with van der Waals surface area (Å²) in [6.45, 7) is 12.4. The van der Waals surface area contributed by atoms with Gasteiger partial charge in [0, 0.05) is 61.5 Å². The molecule has 6 nitrogen and oxygen atoms in total. The number of aliphatic hydroxyl groups is 1. The van der Waals surface area contributed by atoms with E-state index in [4.69, 9.17) is 11.6 Å². The van der Waals surface area contributed by atoms with Crippen LogP contribution in [0.4, 0.5) is 10.1 Å². The topological polar surface area (TPSA) is 64.1 Å². The van der Waals surface area contributed by atoms with E-state index in [1.165, 1.54) is 6.07 Å². The monoisotopic (exact) mass is 531 g/mol. The second kappa shape index (κ2) is 12.3. The number of hydrogen-bond acceptors (Lipinski definition) is 4. The second-order valence-electron chi connectivity index (χ2n) is 10.8. The first-order valence-corrected chi connectivity index (χ1v) is 13.4. The summed E-state index contributed by atoms with van der Waals surface area (Å²) < 4.78 is 14.8. The van der Waals surface area contributed by atoms with Crippen LogP contribution in [0.5, 0.6) is 0 Å². The molecule has 3 rings (SSSR count). The third-order valence-electron chi connectivity index (χ3n) is 6.81. The van der Waals surface area contributed by atoms with Crippen molar-refractivity contribution >= 4 is 29.1 Å². The summed E-state index contributed by atoms with van der Waals surface area (Å²) >= 11 is 5.95. The average molecular weight is 532 g/mol. The zero-order valence-electron chi connectivity index (χ0n) is 22.6. The van der Waals surface area contributed by atoms with Crippen molar-refractivity contribution in [2.45, 2.75) is 53.5 Å². The molecule has 2 aromatic carbocycles. The molecule has 1 fully saturated rings. The zero-order valence-corrected chi connectivity index (χ0v) is 23.3. The molecule has 37 heavy (non-hydrogen) atoms. The highest BCUT2D eigenvalue weighted by Crippen LogP contribution is 2.32. The van der Waals surface area contributed by atoms with Crippen LogP contribution in [0.25, 0.3) is 11.1 Å². The predicted octanol–water partition coefficient (Wildman–Crippen LogP) is 5.46. The van der Waals surface area contributed by atoms with Crippen molar-refractivity contribution in [3.05, 3.63) is 52.8 Å². The molecule has 0 aromatic heterocycles. The van der Waals surface area contributed by atoms with Crippen LogP contribution in [0, 0.1) is 11.2 Å². The molecular weight excluding hydrogens is 493 g/mol. The van der Waals surface area contributed by atoms with E-state index >= 15 is 0 Å². The van der Waals surface area contributed by atoms with Gasteiger partial charge >= 0.3 is 0 Å². The van der Waals surface area contributed by atoms with Gasteiger partial charge in [0.15, 0.2) is 0 Å². The maximum absolute atomic E-state index is 14.8. The van der Waals surface area contributed by atoms with Gasteiger partial charge in [0.1, 0.15) is 5.82 Å². The summed E-state index contributed by atoms with van der Waals surface area (Å²) in [7, 11) is 0. The normalized spacial score (nSPS) is 16.2. The lowest BCUT2D eigenvalue weighted by molar-refractivity contribution is -0.135. The number of benzene rings is 2. The van der Waals surface area contributed by atoms with E-state index in [0.717, 1.165) is 0 Å². The van der Waals surface area contributed by atoms with E-state index in [2.05, 4.69) is 0 Å². The Bertz CT molecular complexity index is 1120. The van der Waals surface area contributed by atoms with Gasteiger partial charge in [-0.1, -0.05) is 45.4 Å². The summed E-state index contributed by atoms with van der Waals surface area (Å²) in [4.78, 5) is 32.6. The molecule has 0 spiro atoms. The molecule has 1 heterocycles. The molecule has 0 bridgehead atoms. The maximum atomic E-state index is 14.8. The molecule has 1 atom stereocenters. The number of amides is 2. The first-order chi connectivity index (χ1) is 17.5. The van der Waals surface area contributed by atoms with E-state index in [1.54, 1.807) is 24.3 Å². The van der Waals surface area contributed by atoms with Gasteiger partial charge in [0.25, 0.3) is 5.91 Å². The van der Waals surface area contributed by atoms with Crippen molar-refractivity contribution in [3.63, 3.8) is 0 Å². The minimum absolute atomic E-state index is 0.0544. The van der Waals surface area contributed by atoms with Crippen molar-refractivity contribution in [2.75, 3.05) is 44.2 Å². The number of hydrogen-bond donors (Lipinski definition) is 1. The lowest BCUT2D eigenvalue weighted by atomic mass is 9.91. The van der Waals surface area contributed by atoms with Crippen LogP contribution >= 0.6 is 11.6 Å². The number of nitrogens with zero attached hydrogens (tertiary/aromatic N) is 3. The maximum Gasteiger partial charge on any atom is 0.256 e. The van der Waals surface area contributed by atoms with Gasteiger partial charge in [-0.25, -0.2) is 4.39 Å². The SMILES string of the molecule is CCC1CN(C(=O)CC(C)(C)C)CCN1C(=O)c1cc(-c2ccc(Cl)cc2F)ccc1N(CC)CCO. The van der Waals surface area contributed by atoms with Crippen molar-refractivity contribution in [1.29, 1.82) is 0 Å². The highest BCUT2D eigenvalue weighted by molar-refractivity contribution is 6.30. The third kappa shape index (κ3) is 7.02. The molecule has 1 unspecified atom stereocenters. The lowest BCUT2D eigenvalue weighted by Gasteiger charge is -2.42. The predicted molar refractivity (Wildman–Crippen MR) is 148 cm³/mol. The third-order valence-corrected chi connectivity index (χ3v) is 7.05. The molecular formula is C29H39ClFN3O3. The molecule has 8 heteroatoms. The molecule has 2 amide bonds. The first-order valence-electron chi connectivity index (χ1n) is 13.0. The number of anilines is 1. The van der Waals surface area contributed by atoms with Gasteiger partial charge in [0.2, 0.25) is 5.91 Å². The number of halogens is 2. The van der Waals surface area contributed by atoms with E-state index < -0.39 is 5.82 Å². The number of carbonyl (C=O) groups is 2. The van der Waals surface area contributed by atoms with Crippen LogP contribution in [-0.4, -0.2) is 72.1 Å². The number of rotatable bonds is 8. The minimum atomic E-state index is -0.459. The molecule has 1 N–H and O–H groups in total. The Kier molecular flexibility index (Phi) is 9.59. The number of piperazine rings is 1. The Balaban J connectivity index is 1.98. The molecule has 2 aromatic rings. The molecule has 202 valence electrons. The summed E-state index contributed by atoms with van der Waals surface area (Å²) in [5.74, 6) is -0.504. The molecule has 1 aliphatic rings. The summed E-state index contributed by atoms with van der Waals surface area (Å²) in [5.41, 5.74) is 1.98. The largest absolute Gasteiger partial charge is 0.395 e. The quantitative estimate of drug-likeness (QED) is 0.491. The van der Waals surface area contributed by atoms with Gasteiger partial charge in [-0.3, -0.25) is 9.59 Å². The van der Waals surface area contributed by atoms with Crippen molar-refractivity contribution < 1.29 is 19.1 Å². The highest BCUT2D eigenvalue weighted by Gasteiger charge is 2.34. The Hall–Kier alpha value is -2.64. The second-order valence-corrected chi connectivity index (χ2v) is 11.2. The molecule has 0 saturated carbocycles. The smallest absolute Gasteiger partial charge is 0.256 e. The number of likely N-dealkylation sites (N-methyl/N-ethyl adjacent to an activating group) is 1. The molecule has 0 aliphatic carbocycles. The van der Waals surface area contributed by atoms with Crippen LogP contribution in [0.1, 0.15) is 57.8 Å². The van der Waals surface area contributed by atoms with Crippen LogP contribution in [0.2, 0.25) is 5.02 Å². The fourth-order valence-electron chi connectivity index (χ4n) is 4.86. The van der Waals surface area contributed by atoms with E-state index in [-0.39, 0.29) is 29.9 Å². The Labute approximate surface area is 225 Å². The van der Waals surface area contributed by atoms with E-state index in [9.17, 15) is 19.1 Å². The lowest BCUT2D eigenvalue weighted by Crippen LogP contribution is -2.56. The molecule has 0 radical (unpaired) electrons. The van der Waals surface area contributed by atoms with Gasteiger partial charge in [-0.2, -0.15) is 0 Å². The van der Waals surface area contributed by atoms with Crippen molar-refractivity contribution in [1.82, 2.24) is 9.80 Å². The van der Waals surface area contributed by atoms with Crippen LogP contribution in [0.15, 0.2) is 36.4 Å². The fraction of sp³-hybridized carbons (Fsp3) is 0.517. The van der Waals surface area contributed by atoms with Gasteiger partial charge in [-0.05, 0) is 54.7 Å². The number of carbonyl (C=O) groups excluding carboxylic acids is 2. The van der Waals surface area contributed by atoms with Crippen molar-refractivity contribution in [2.24, 2.45) is 5.41 Å².